The van der Waals surface area contributed by atoms with Crippen LogP contribution in [-0.2, 0) is 5.41 Å². The van der Waals surface area contributed by atoms with E-state index >= 15 is 0 Å². The lowest BCUT2D eigenvalue weighted by Crippen LogP contribution is -2.28. The highest BCUT2D eigenvalue weighted by atomic mass is 14.9. The van der Waals surface area contributed by atoms with Gasteiger partial charge in [-0.25, -0.2) is 0 Å². The zero-order valence-electron chi connectivity index (χ0n) is 25.8. The minimum absolute atomic E-state index is 0.351. The molecule has 2 unspecified atom stereocenters. The fourth-order valence-electron chi connectivity index (χ4n) is 7.96. The summed E-state index contributed by atoms with van der Waals surface area (Å²) in [7, 11) is 0. The lowest BCUT2D eigenvalue weighted by Gasteiger charge is -2.31. The molecular formula is C45H32N2. The number of fused-ring (bicyclic) bond motifs is 11. The summed E-state index contributed by atoms with van der Waals surface area (Å²) in [6.45, 7) is 0. The minimum Gasteiger partial charge on any atom is -0.379 e. The number of rotatable bonds is 6. The molecule has 2 aliphatic rings. The van der Waals surface area contributed by atoms with Crippen molar-refractivity contribution in [3.63, 3.8) is 0 Å². The summed E-state index contributed by atoms with van der Waals surface area (Å²) < 4.78 is 0. The van der Waals surface area contributed by atoms with Gasteiger partial charge in [0.1, 0.15) is 0 Å². The van der Waals surface area contributed by atoms with Gasteiger partial charge in [0.15, 0.2) is 0 Å². The van der Waals surface area contributed by atoms with Crippen molar-refractivity contribution in [2.45, 2.75) is 11.5 Å². The molecule has 7 aromatic rings. The summed E-state index contributed by atoms with van der Waals surface area (Å²) in [6, 6.07) is 58.3. The molecule has 2 aliphatic carbocycles. The molecule has 0 aromatic heterocycles. The Morgan fingerprint density at radius 2 is 1.06 bits per heavy atom. The van der Waals surface area contributed by atoms with E-state index in [1.807, 2.05) is 54.7 Å². The molecule has 0 fully saturated rings. The van der Waals surface area contributed by atoms with E-state index in [9.17, 15) is 5.41 Å². The van der Waals surface area contributed by atoms with E-state index in [2.05, 4.69) is 127 Å². The van der Waals surface area contributed by atoms with Crippen LogP contribution in [0.3, 0.4) is 0 Å². The monoisotopic (exact) mass is 600 g/mol. The third-order valence-electron chi connectivity index (χ3n) is 10.0. The van der Waals surface area contributed by atoms with Gasteiger partial charge >= 0.3 is 0 Å². The van der Waals surface area contributed by atoms with Crippen molar-refractivity contribution in [1.82, 2.24) is 5.32 Å². The van der Waals surface area contributed by atoms with Gasteiger partial charge < -0.3 is 10.7 Å². The summed E-state index contributed by atoms with van der Waals surface area (Å²) in [6.07, 6.45) is 4.06. The maximum atomic E-state index is 9.46. The SMILES string of the molecule is N=C(c1ccccc1)C(N/C=C/c1ccccc1)c1ccc2c(c1)C1(c3ccccc3-2)c2ccccc2-c2cc3ccccc3cc21. The standard InChI is InChI=1S/C45H32N2/c46-43(31-15-5-2-6-16-31)44(47-26-25-30-13-3-1-4-14-30)34-23-24-37-35-19-9-11-21-39(35)45(41(37)29-34)40-22-12-10-20-36(40)38-27-32-17-7-8-18-33(32)28-42(38)45/h1-29,44,46-47H/b26-25+,46-43?. The van der Waals surface area contributed by atoms with Gasteiger partial charge in [0, 0.05) is 0 Å². The van der Waals surface area contributed by atoms with Gasteiger partial charge in [-0.1, -0.05) is 152 Å². The topological polar surface area (TPSA) is 35.9 Å². The van der Waals surface area contributed by atoms with Crippen LogP contribution < -0.4 is 5.32 Å². The van der Waals surface area contributed by atoms with Gasteiger partial charge in [-0.15, -0.1) is 0 Å². The van der Waals surface area contributed by atoms with E-state index in [1.165, 1.54) is 55.3 Å². The fraction of sp³-hybridized carbons (Fsp3) is 0.0444. The van der Waals surface area contributed by atoms with Gasteiger partial charge in [-0.2, -0.15) is 0 Å². The second-order valence-corrected chi connectivity index (χ2v) is 12.5. The first-order valence-electron chi connectivity index (χ1n) is 16.2. The average Bonchev–Trinajstić information content (AvgIpc) is 3.59. The first-order valence-corrected chi connectivity index (χ1v) is 16.2. The fourth-order valence-corrected chi connectivity index (χ4v) is 7.96. The zero-order valence-corrected chi connectivity index (χ0v) is 25.8. The van der Waals surface area contributed by atoms with E-state index in [1.54, 1.807) is 0 Å². The van der Waals surface area contributed by atoms with Crippen LogP contribution >= 0.6 is 0 Å². The Morgan fingerprint density at radius 1 is 0.511 bits per heavy atom. The predicted octanol–water partition coefficient (Wildman–Crippen LogP) is 10.6. The summed E-state index contributed by atoms with van der Waals surface area (Å²) in [5.41, 5.74) is 13.5. The van der Waals surface area contributed by atoms with E-state index in [4.69, 9.17) is 0 Å². The maximum Gasteiger partial charge on any atom is 0.0934 e. The molecule has 47 heavy (non-hydrogen) atoms. The summed E-state index contributed by atoms with van der Waals surface area (Å²) in [4.78, 5) is 0. The zero-order chi connectivity index (χ0) is 31.4. The highest BCUT2D eigenvalue weighted by molar-refractivity contribution is 6.04. The molecule has 9 rings (SSSR count). The van der Waals surface area contributed by atoms with Gasteiger partial charge in [0.05, 0.1) is 17.2 Å². The Bertz CT molecular complexity index is 2350. The van der Waals surface area contributed by atoms with Crippen LogP contribution in [-0.4, -0.2) is 5.71 Å². The highest BCUT2D eigenvalue weighted by Gasteiger charge is 2.51. The van der Waals surface area contributed by atoms with Crippen molar-refractivity contribution in [3.05, 3.63) is 209 Å². The number of hydrogen-bond acceptors (Lipinski definition) is 2. The van der Waals surface area contributed by atoms with Crippen LogP contribution in [0.5, 0.6) is 0 Å². The van der Waals surface area contributed by atoms with Crippen molar-refractivity contribution in [2.75, 3.05) is 0 Å². The molecule has 222 valence electrons. The molecule has 0 aliphatic heterocycles. The van der Waals surface area contributed by atoms with Crippen molar-refractivity contribution < 1.29 is 0 Å². The van der Waals surface area contributed by atoms with Gasteiger partial charge in [-0.3, -0.25) is 0 Å². The molecule has 0 radical (unpaired) electrons. The molecule has 7 aromatic carbocycles. The van der Waals surface area contributed by atoms with Crippen LogP contribution in [0.15, 0.2) is 170 Å². The Balaban J connectivity index is 1.27. The summed E-state index contributed by atoms with van der Waals surface area (Å²) in [5, 5.41) is 15.6. The second-order valence-electron chi connectivity index (χ2n) is 12.5. The first-order chi connectivity index (χ1) is 23.2. The smallest absolute Gasteiger partial charge is 0.0934 e. The molecule has 0 heterocycles. The normalized spacial score (nSPS) is 16.1. The Labute approximate surface area is 275 Å². The maximum absolute atomic E-state index is 9.46. The van der Waals surface area contributed by atoms with Crippen LogP contribution in [0.1, 0.15) is 45.0 Å². The highest BCUT2D eigenvalue weighted by Crippen LogP contribution is 2.63. The van der Waals surface area contributed by atoms with Gasteiger partial charge in [-0.05, 0) is 96.4 Å². The molecule has 2 nitrogen and oxygen atoms in total. The predicted molar refractivity (Wildman–Crippen MR) is 195 cm³/mol. The summed E-state index contributed by atoms with van der Waals surface area (Å²) in [5.74, 6) is 0. The second kappa shape index (κ2) is 10.8. The molecule has 2 atom stereocenters. The third kappa shape index (κ3) is 4.15. The molecule has 0 bridgehead atoms. The molecular weight excluding hydrogens is 569 g/mol. The lowest BCUT2D eigenvalue weighted by molar-refractivity contribution is 0.769. The number of nitrogens with one attached hydrogen (secondary N) is 2. The first kappa shape index (κ1) is 27.3. The van der Waals surface area contributed by atoms with Gasteiger partial charge in [0.2, 0.25) is 0 Å². The van der Waals surface area contributed by atoms with Crippen molar-refractivity contribution in [3.8, 4) is 22.3 Å². The van der Waals surface area contributed by atoms with Crippen LogP contribution in [0, 0.1) is 5.41 Å². The van der Waals surface area contributed by atoms with E-state index in [0.717, 1.165) is 16.7 Å². The Morgan fingerprint density at radius 3 is 1.79 bits per heavy atom. The molecule has 1 spiro atoms. The third-order valence-corrected chi connectivity index (χ3v) is 10.0. The van der Waals surface area contributed by atoms with Crippen LogP contribution in [0.2, 0.25) is 0 Å². The Hall–Kier alpha value is -5.99. The van der Waals surface area contributed by atoms with E-state index in [0.29, 0.717) is 5.71 Å². The van der Waals surface area contributed by atoms with Crippen LogP contribution in [0.25, 0.3) is 39.1 Å². The summed E-state index contributed by atoms with van der Waals surface area (Å²) >= 11 is 0. The molecule has 2 heteroatoms. The van der Waals surface area contributed by atoms with Gasteiger partial charge in [0.25, 0.3) is 0 Å². The van der Waals surface area contributed by atoms with E-state index < -0.39 is 5.41 Å². The number of hydrogen-bond donors (Lipinski definition) is 2. The minimum atomic E-state index is -0.461. The molecule has 2 N–H and O–H groups in total. The Kier molecular flexibility index (Phi) is 6.29. The number of benzene rings is 7. The molecule has 0 saturated heterocycles. The van der Waals surface area contributed by atoms with E-state index in [-0.39, 0.29) is 6.04 Å². The van der Waals surface area contributed by atoms with Crippen molar-refractivity contribution in [1.29, 1.82) is 5.41 Å². The molecule has 0 saturated carbocycles. The lowest BCUT2D eigenvalue weighted by atomic mass is 9.70. The quantitative estimate of drug-likeness (QED) is 0.183. The largest absolute Gasteiger partial charge is 0.379 e. The average molecular weight is 601 g/mol. The van der Waals surface area contributed by atoms with Crippen molar-refractivity contribution >= 4 is 22.6 Å². The van der Waals surface area contributed by atoms with Crippen molar-refractivity contribution in [2.24, 2.45) is 0 Å². The molecule has 0 amide bonds. The van der Waals surface area contributed by atoms with Crippen LogP contribution in [0.4, 0.5) is 0 Å².